The molecule has 4 nitrogen and oxygen atoms in total. The molecule has 0 fully saturated rings. The van der Waals surface area contributed by atoms with E-state index in [-0.39, 0.29) is 17.7 Å². The van der Waals surface area contributed by atoms with Crippen LogP contribution in [0, 0.1) is 0 Å². The summed E-state index contributed by atoms with van der Waals surface area (Å²) in [7, 11) is 0. The van der Waals surface area contributed by atoms with Crippen molar-refractivity contribution in [2.75, 3.05) is 5.32 Å². The van der Waals surface area contributed by atoms with Gasteiger partial charge in [0.2, 0.25) is 0 Å². The van der Waals surface area contributed by atoms with E-state index in [0.29, 0.717) is 11.4 Å². The lowest BCUT2D eigenvalue weighted by Crippen LogP contribution is -2.18. The van der Waals surface area contributed by atoms with Crippen molar-refractivity contribution in [1.29, 1.82) is 0 Å². The molecule has 0 radical (unpaired) electrons. The Labute approximate surface area is 148 Å². The lowest BCUT2D eigenvalue weighted by molar-refractivity contribution is -0.274. The molecule has 1 N–H and O–H groups in total. The number of hydrogen-bond donors (Lipinski definition) is 1. The second-order valence-corrected chi connectivity index (χ2v) is 6.08. The predicted octanol–water partition coefficient (Wildman–Crippen LogP) is 5.37. The van der Waals surface area contributed by atoms with E-state index in [2.05, 4.69) is 10.1 Å². The van der Waals surface area contributed by atoms with Gasteiger partial charge in [-0.15, -0.1) is 13.2 Å². The maximum atomic E-state index is 12.7. The summed E-state index contributed by atoms with van der Waals surface area (Å²) in [5.41, 5.74) is 1.81. The number of halogens is 3. The van der Waals surface area contributed by atoms with Crippen molar-refractivity contribution in [3.05, 3.63) is 60.3 Å². The third-order valence-electron chi connectivity index (χ3n) is 3.84. The molecule has 1 aromatic heterocycles. The first-order chi connectivity index (χ1) is 12.2. The van der Waals surface area contributed by atoms with Crippen molar-refractivity contribution < 1.29 is 22.7 Å². The smallest absolute Gasteiger partial charge is 0.406 e. The van der Waals surface area contributed by atoms with Gasteiger partial charge in [-0.2, -0.15) is 0 Å². The van der Waals surface area contributed by atoms with Crippen LogP contribution in [0.5, 0.6) is 5.75 Å². The molecule has 1 heterocycles. The summed E-state index contributed by atoms with van der Waals surface area (Å²) in [6.07, 6.45) is -4.75. The zero-order chi connectivity index (χ0) is 18.9. The molecule has 0 unspecified atom stereocenters. The van der Waals surface area contributed by atoms with Crippen LogP contribution in [0.1, 0.15) is 30.4 Å². The number of nitrogens with zero attached hydrogens (tertiary/aromatic N) is 1. The van der Waals surface area contributed by atoms with Crippen LogP contribution < -0.4 is 10.1 Å². The molecule has 0 bridgehead atoms. The minimum Gasteiger partial charge on any atom is -0.406 e. The number of para-hydroxylation sites is 1. The predicted molar refractivity (Wildman–Crippen MR) is 93.4 cm³/mol. The molecule has 0 saturated heterocycles. The van der Waals surface area contributed by atoms with E-state index >= 15 is 0 Å². The molecule has 0 aliphatic carbocycles. The molecule has 0 atom stereocenters. The zero-order valence-corrected chi connectivity index (χ0v) is 14.2. The average Bonchev–Trinajstić information content (AvgIpc) is 2.95. The van der Waals surface area contributed by atoms with E-state index in [9.17, 15) is 18.0 Å². The molecule has 136 valence electrons. The minimum atomic E-state index is -4.75. The van der Waals surface area contributed by atoms with Crippen LogP contribution in [0.25, 0.3) is 10.9 Å². The number of nitrogens with one attached hydrogen (secondary N) is 1. The van der Waals surface area contributed by atoms with Gasteiger partial charge in [-0.3, -0.25) is 4.79 Å². The fourth-order valence-electron chi connectivity index (χ4n) is 2.84. The van der Waals surface area contributed by atoms with Crippen LogP contribution in [0.3, 0.4) is 0 Å². The van der Waals surface area contributed by atoms with E-state index < -0.39 is 6.36 Å². The van der Waals surface area contributed by atoms with Crippen molar-refractivity contribution in [2.45, 2.75) is 26.3 Å². The molecule has 0 spiro atoms. The summed E-state index contributed by atoms with van der Waals surface area (Å²) in [5.74, 6) is -0.675. The maximum absolute atomic E-state index is 12.7. The Kier molecular flexibility index (Phi) is 4.63. The molecule has 3 rings (SSSR count). The Morgan fingerprint density at radius 3 is 2.35 bits per heavy atom. The Bertz CT molecular complexity index is 928. The summed E-state index contributed by atoms with van der Waals surface area (Å²) in [5, 5.41) is 3.65. The first-order valence-electron chi connectivity index (χ1n) is 8.02. The normalized spacial score (nSPS) is 11.8. The molecule has 0 aliphatic heterocycles. The van der Waals surface area contributed by atoms with Crippen molar-refractivity contribution in [3.8, 4) is 5.75 Å². The summed E-state index contributed by atoms with van der Waals surface area (Å²) in [4.78, 5) is 12.7. The van der Waals surface area contributed by atoms with Gasteiger partial charge in [-0.05, 0) is 50.2 Å². The van der Waals surface area contributed by atoms with E-state index in [4.69, 9.17) is 0 Å². The number of fused-ring (bicyclic) bond motifs is 1. The number of amides is 1. The molecule has 3 aromatic rings. The second kappa shape index (κ2) is 6.74. The zero-order valence-electron chi connectivity index (χ0n) is 14.2. The molecule has 0 aliphatic rings. The van der Waals surface area contributed by atoms with Gasteiger partial charge in [0.05, 0.1) is 0 Å². The fraction of sp³-hybridized carbons (Fsp3) is 0.211. The highest BCUT2D eigenvalue weighted by molar-refractivity contribution is 6.06. The number of aromatic nitrogens is 1. The van der Waals surface area contributed by atoms with Crippen molar-refractivity contribution in [3.63, 3.8) is 0 Å². The molecule has 1 amide bonds. The number of anilines is 1. The number of ether oxygens (including phenoxy) is 1. The summed E-state index contributed by atoms with van der Waals surface area (Å²) in [6.45, 7) is 3.96. The average molecular weight is 362 g/mol. The van der Waals surface area contributed by atoms with Crippen molar-refractivity contribution >= 4 is 22.5 Å². The fourth-order valence-corrected chi connectivity index (χ4v) is 2.84. The van der Waals surface area contributed by atoms with E-state index in [1.54, 1.807) is 6.07 Å². The van der Waals surface area contributed by atoms with Crippen LogP contribution in [0.4, 0.5) is 18.9 Å². The van der Waals surface area contributed by atoms with Gasteiger partial charge in [0.15, 0.2) is 0 Å². The highest BCUT2D eigenvalue weighted by atomic mass is 19.4. The third kappa shape index (κ3) is 3.82. The molecule has 0 saturated carbocycles. The topological polar surface area (TPSA) is 43.3 Å². The molecule has 7 heteroatoms. The number of hydrogen-bond acceptors (Lipinski definition) is 2. The lowest BCUT2D eigenvalue weighted by atomic mass is 10.2. The highest BCUT2D eigenvalue weighted by Gasteiger charge is 2.31. The van der Waals surface area contributed by atoms with Gasteiger partial charge in [-0.25, -0.2) is 0 Å². The SMILES string of the molecule is CC(C)n1c(C(=O)Nc2ccc(OC(F)(F)F)cc2)cc2ccccc21. The quantitative estimate of drug-likeness (QED) is 0.678. The van der Waals surface area contributed by atoms with Gasteiger partial charge < -0.3 is 14.6 Å². The number of benzene rings is 2. The van der Waals surface area contributed by atoms with Crippen LogP contribution in [0.15, 0.2) is 54.6 Å². The van der Waals surface area contributed by atoms with Crippen LogP contribution >= 0.6 is 0 Å². The molecule has 2 aromatic carbocycles. The molecular weight excluding hydrogens is 345 g/mol. The standard InChI is InChI=1S/C19H17F3N2O2/c1-12(2)24-16-6-4-3-5-13(16)11-17(24)18(25)23-14-7-9-15(10-8-14)26-19(20,21)22/h3-12H,1-2H3,(H,23,25). The lowest BCUT2D eigenvalue weighted by Gasteiger charge is -2.15. The summed E-state index contributed by atoms with van der Waals surface area (Å²) < 4.78 is 42.3. The number of rotatable bonds is 4. The maximum Gasteiger partial charge on any atom is 0.573 e. The second-order valence-electron chi connectivity index (χ2n) is 6.08. The monoisotopic (exact) mass is 362 g/mol. The van der Waals surface area contributed by atoms with E-state index in [1.807, 2.05) is 42.7 Å². The third-order valence-corrected chi connectivity index (χ3v) is 3.84. The van der Waals surface area contributed by atoms with Crippen LogP contribution in [-0.4, -0.2) is 16.8 Å². The Morgan fingerprint density at radius 2 is 1.73 bits per heavy atom. The molecule has 26 heavy (non-hydrogen) atoms. The van der Waals surface area contributed by atoms with Gasteiger partial charge in [-0.1, -0.05) is 18.2 Å². The first kappa shape index (κ1) is 17.8. The van der Waals surface area contributed by atoms with Gasteiger partial charge in [0.1, 0.15) is 11.4 Å². The summed E-state index contributed by atoms with van der Waals surface area (Å²) in [6, 6.07) is 14.6. The van der Waals surface area contributed by atoms with Gasteiger partial charge in [0, 0.05) is 22.6 Å². The van der Waals surface area contributed by atoms with Crippen molar-refractivity contribution in [2.24, 2.45) is 0 Å². The van der Waals surface area contributed by atoms with Crippen molar-refractivity contribution in [1.82, 2.24) is 4.57 Å². The molecular formula is C19H17F3N2O2. The van der Waals surface area contributed by atoms with Gasteiger partial charge in [0.25, 0.3) is 5.91 Å². The summed E-state index contributed by atoms with van der Waals surface area (Å²) >= 11 is 0. The Hall–Kier alpha value is -2.96. The first-order valence-corrected chi connectivity index (χ1v) is 8.02. The van der Waals surface area contributed by atoms with Crippen LogP contribution in [0.2, 0.25) is 0 Å². The Balaban J connectivity index is 1.84. The highest BCUT2D eigenvalue weighted by Crippen LogP contribution is 2.26. The van der Waals surface area contributed by atoms with Crippen LogP contribution in [-0.2, 0) is 0 Å². The van der Waals surface area contributed by atoms with E-state index in [0.717, 1.165) is 23.0 Å². The number of alkyl halides is 3. The minimum absolute atomic E-state index is 0.0678. The number of carbonyl (C=O) groups is 1. The van der Waals surface area contributed by atoms with E-state index in [1.165, 1.54) is 12.1 Å². The van der Waals surface area contributed by atoms with Gasteiger partial charge >= 0.3 is 6.36 Å². The largest absolute Gasteiger partial charge is 0.573 e. The Morgan fingerprint density at radius 1 is 1.08 bits per heavy atom. The number of carbonyl (C=O) groups excluding carboxylic acids is 1.